The van der Waals surface area contributed by atoms with Crippen LogP contribution in [0.1, 0.15) is 47.0 Å². The van der Waals surface area contributed by atoms with E-state index in [2.05, 4.69) is 16.0 Å². The average molecular weight is 301 g/mol. The van der Waals surface area contributed by atoms with Gasteiger partial charge >= 0.3 is 12.0 Å². The maximum atomic E-state index is 11.7. The molecule has 0 aliphatic rings. The molecule has 0 fully saturated rings. The third-order valence-electron chi connectivity index (χ3n) is 3.17. The predicted molar refractivity (Wildman–Crippen MR) is 79.9 cm³/mol. The Morgan fingerprint density at radius 2 is 1.71 bits per heavy atom. The zero-order valence-corrected chi connectivity index (χ0v) is 13.2. The van der Waals surface area contributed by atoms with Crippen LogP contribution in [0.2, 0.25) is 0 Å². The van der Waals surface area contributed by atoms with Crippen molar-refractivity contribution in [3.05, 3.63) is 0 Å². The molecule has 2 atom stereocenters. The molecule has 0 aromatic carbocycles. The third-order valence-corrected chi connectivity index (χ3v) is 3.17. The second-order valence-corrected chi connectivity index (χ2v) is 5.48. The number of hydrogen-bond donors (Lipinski definition) is 4. The zero-order valence-electron chi connectivity index (χ0n) is 13.2. The van der Waals surface area contributed by atoms with E-state index in [9.17, 15) is 14.4 Å². The molecule has 7 nitrogen and oxygen atoms in total. The lowest BCUT2D eigenvalue weighted by molar-refractivity contribution is -0.137. The summed E-state index contributed by atoms with van der Waals surface area (Å²) in [6, 6.07) is -0.769. The van der Waals surface area contributed by atoms with Gasteiger partial charge in [0.15, 0.2) is 0 Å². The summed E-state index contributed by atoms with van der Waals surface area (Å²) in [6.07, 6.45) is 0.924. The summed E-state index contributed by atoms with van der Waals surface area (Å²) in [5.41, 5.74) is 0. The number of aliphatic carboxylic acids is 1. The molecule has 0 radical (unpaired) electrons. The molecule has 0 rings (SSSR count). The number of carbonyl (C=O) groups is 3. The summed E-state index contributed by atoms with van der Waals surface area (Å²) in [5, 5.41) is 16.7. The van der Waals surface area contributed by atoms with Gasteiger partial charge in [-0.25, -0.2) is 4.79 Å². The van der Waals surface area contributed by atoms with E-state index >= 15 is 0 Å². The molecule has 0 bridgehead atoms. The van der Waals surface area contributed by atoms with Crippen LogP contribution in [0.5, 0.6) is 0 Å². The number of rotatable bonds is 9. The Kier molecular flexibility index (Phi) is 9.16. The van der Waals surface area contributed by atoms with Crippen molar-refractivity contribution in [3.8, 4) is 0 Å². The van der Waals surface area contributed by atoms with Crippen molar-refractivity contribution in [1.82, 2.24) is 16.0 Å². The Bertz CT molecular complexity index is 358. The third kappa shape index (κ3) is 9.70. The van der Waals surface area contributed by atoms with Crippen molar-refractivity contribution >= 4 is 17.9 Å². The van der Waals surface area contributed by atoms with Crippen LogP contribution in [0.4, 0.5) is 4.79 Å². The average Bonchev–Trinajstić information content (AvgIpc) is 2.36. The highest BCUT2D eigenvalue weighted by Gasteiger charge is 2.19. The lowest BCUT2D eigenvalue weighted by Gasteiger charge is -2.20. The van der Waals surface area contributed by atoms with Gasteiger partial charge in [-0.05, 0) is 19.3 Å². The Labute approximate surface area is 125 Å². The Morgan fingerprint density at radius 3 is 2.19 bits per heavy atom. The second kappa shape index (κ2) is 10.0. The Morgan fingerprint density at radius 1 is 1.10 bits per heavy atom. The molecular weight excluding hydrogens is 274 g/mol. The zero-order chi connectivity index (χ0) is 16.4. The van der Waals surface area contributed by atoms with E-state index in [1.54, 1.807) is 0 Å². The van der Waals surface area contributed by atoms with E-state index in [0.717, 1.165) is 6.42 Å². The number of carboxylic acid groups (broad SMARTS) is 1. The van der Waals surface area contributed by atoms with Gasteiger partial charge in [0, 0.05) is 25.0 Å². The quantitative estimate of drug-likeness (QED) is 0.511. The van der Waals surface area contributed by atoms with Gasteiger partial charge in [-0.15, -0.1) is 0 Å². The molecule has 122 valence electrons. The van der Waals surface area contributed by atoms with Crippen LogP contribution < -0.4 is 16.0 Å². The largest absolute Gasteiger partial charge is 0.481 e. The van der Waals surface area contributed by atoms with E-state index in [1.165, 1.54) is 0 Å². The van der Waals surface area contributed by atoms with Crippen LogP contribution in [-0.4, -0.2) is 41.6 Å². The van der Waals surface area contributed by atoms with E-state index in [0.29, 0.717) is 0 Å². The lowest BCUT2D eigenvalue weighted by atomic mass is 10.0. The molecule has 0 saturated carbocycles. The molecule has 0 aromatic rings. The van der Waals surface area contributed by atoms with Crippen molar-refractivity contribution in [3.63, 3.8) is 0 Å². The molecule has 0 aliphatic carbocycles. The van der Waals surface area contributed by atoms with Gasteiger partial charge in [0.1, 0.15) is 0 Å². The van der Waals surface area contributed by atoms with Gasteiger partial charge < -0.3 is 21.1 Å². The van der Waals surface area contributed by atoms with Crippen LogP contribution in [0.3, 0.4) is 0 Å². The molecule has 3 amide bonds. The number of amides is 3. The minimum Gasteiger partial charge on any atom is -0.481 e. The standard InChI is InChI=1S/C14H27N3O4/c1-5-10(4)16-12(18)6-7-15-14(21)17-11(9(2)3)8-13(19)20/h9-11H,5-8H2,1-4H3,(H,16,18)(H,19,20)(H2,15,17,21). The van der Waals surface area contributed by atoms with Crippen LogP contribution in [0, 0.1) is 5.92 Å². The summed E-state index contributed by atoms with van der Waals surface area (Å²) in [5.74, 6) is -1.06. The number of carbonyl (C=O) groups excluding carboxylic acids is 2. The monoisotopic (exact) mass is 301 g/mol. The normalized spacial score (nSPS) is 13.4. The molecule has 0 aliphatic heterocycles. The topological polar surface area (TPSA) is 108 Å². The summed E-state index contributed by atoms with van der Waals surface area (Å²) < 4.78 is 0. The molecule has 4 N–H and O–H groups in total. The molecule has 0 saturated heterocycles. The van der Waals surface area contributed by atoms with E-state index in [1.807, 2.05) is 27.7 Å². The van der Waals surface area contributed by atoms with Crippen LogP contribution in [0.15, 0.2) is 0 Å². The summed E-state index contributed by atoms with van der Waals surface area (Å²) in [7, 11) is 0. The highest BCUT2D eigenvalue weighted by atomic mass is 16.4. The first-order valence-electron chi connectivity index (χ1n) is 7.31. The van der Waals surface area contributed by atoms with Crippen LogP contribution in [0.25, 0.3) is 0 Å². The second-order valence-electron chi connectivity index (χ2n) is 5.48. The van der Waals surface area contributed by atoms with Crippen molar-refractivity contribution in [2.24, 2.45) is 5.92 Å². The highest BCUT2D eigenvalue weighted by molar-refractivity contribution is 5.78. The smallest absolute Gasteiger partial charge is 0.315 e. The van der Waals surface area contributed by atoms with Crippen molar-refractivity contribution in [2.45, 2.75) is 59.0 Å². The number of hydrogen-bond acceptors (Lipinski definition) is 3. The maximum Gasteiger partial charge on any atom is 0.315 e. The SMILES string of the molecule is CCC(C)NC(=O)CCNC(=O)NC(CC(=O)O)C(C)C. The van der Waals surface area contributed by atoms with Crippen molar-refractivity contribution in [2.75, 3.05) is 6.54 Å². The fourth-order valence-corrected chi connectivity index (χ4v) is 1.60. The van der Waals surface area contributed by atoms with Gasteiger partial charge in [0.25, 0.3) is 0 Å². The summed E-state index contributed by atoms with van der Waals surface area (Å²) in [4.78, 5) is 33.9. The summed E-state index contributed by atoms with van der Waals surface area (Å²) >= 11 is 0. The minimum absolute atomic E-state index is 0.0144. The lowest BCUT2D eigenvalue weighted by Crippen LogP contribution is -2.46. The fourth-order valence-electron chi connectivity index (χ4n) is 1.60. The maximum absolute atomic E-state index is 11.7. The summed E-state index contributed by atoms with van der Waals surface area (Å²) in [6.45, 7) is 7.79. The predicted octanol–water partition coefficient (Wildman–Crippen LogP) is 1.09. The minimum atomic E-state index is -0.957. The first-order chi connectivity index (χ1) is 9.76. The van der Waals surface area contributed by atoms with Crippen molar-refractivity contribution in [1.29, 1.82) is 0 Å². The van der Waals surface area contributed by atoms with Gasteiger partial charge in [-0.2, -0.15) is 0 Å². The molecule has 0 aromatic heterocycles. The molecule has 7 heteroatoms. The Balaban J connectivity index is 4.03. The van der Waals surface area contributed by atoms with Gasteiger partial charge in [-0.1, -0.05) is 20.8 Å². The number of carboxylic acids is 1. The van der Waals surface area contributed by atoms with Gasteiger partial charge in [0.2, 0.25) is 5.91 Å². The molecular formula is C14H27N3O4. The number of nitrogens with one attached hydrogen (secondary N) is 3. The first-order valence-corrected chi connectivity index (χ1v) is 7.31. The highest BCUT2D eigenvalue weighted by Crippen LogP contribution is 2.05. The Hall–Kier alpha value is -1.79. The first kappa shape index (κ1) is 19.2. The van der Waals surface area contributed by atoms with Crippen molar-refractivity contribution < 1.29 is 19.5 Å². The van der Waals surface area contributed by atoms with Crippen LogP contribution in [-0.2, 0) is 9.59 Å². The van der Waals surface area contributed by atoms with E-state index in [4.69, 9.17) is 5.11 Å². The van der Waals surface area contributed by atoms with Gasteiger partial charge in [0.05, 0.1) is 6.42 Å². The molecule has 0 spiro atoms. The number of urea groups is 1. The van der Waals surface area contributed by atoms with Gasteiger partial charge in [-0.3, -0.25) is 9.59 Å². The van der Waals surface area contributed by atoms with Crippen LogP contribution >= 0.6 is 0 Å². The fraction of sp³-hybridized carbons (Fsp3) is 0.786. The van der Waals surface area contributed by atoms with E-state index < -0.39 is 18.0 Å². The molecule has 2 unspecified atom stereocenters. The molecule has 0 heterocycles. The van der Waals surface area contributed by atoms with E-state index in [-0.39, 0.29) is 37.3 Å². The molecule has 21 heavy (non-hydrogen) atoms.